The lowest BCUT2D eigenvalue weighted by molar-refractivity contribution is 0.00574. The Morgan fingerprint density at radius 3 is 1.10 bits per heavy atom. The number of rotatable bonds is 21. The number of ether oxygens (including phenoxy) is 5. The van der Waals surface area contributed by atoms with E-state index in [0.29, 0.717) is 70.0 Å². The number of hydrogen-bond acceptors (Lipinski definition) is 27. The lowest BCUT2D eigenvalue weighted by Crippen LogP contribution is -2.35. The number of anilines is 2. The molecule has 5 aromatic carbocycles. The molecule has 0 aliphatic carbocycles. The normalized spacial score (nSPS) is 11.1. The number of aromatic nitrogens is 8. The number of aryl methyl sites for hydroxylation is 9. The van der Waals surface area contributed by atoms with Gasteiger partial charge in [0.25, 0.3) is 5.24 Å². The molecule has 2 amide bonds. The Hall–Kier alpha value is -13.9. The molecule has 134 heavy (non-hydrogen) atoms. The Balaban J connectivity index is 0.000000160. The molecule has 0 spiro atoms. The molecule has 0 saturated carbocycles. The van der Waals surface area contributed by atoms with Crippen molar-refractivity contribution < 1.29 is 95.2 Å². The number of carbonyl (C=O) groups excluding carboxylic acids is 8. The molecule has 0 unspecified atom stereocenters. The van der Waals surface area contributed by atoms with Crippen LogP contribution in [-0.2, 0) is 77.9 Å². The number of carbonyl (C=O) groups is 9. The first-order valence-corrected chi connectivity index (χ1v) is 45.6. The number of ketones is 2. The monoisotopic (exact) mass is 1910 g/mol. The van der Waals surface area contributed by atoms with E-state index in [0.717, 1.165) is 72.6 Å². The van der Waals surface area contributed by atoms with Gasteiger partial charge in [0.1, 0.15) is 62.3 Å². The van der Waals surface area contributed by atoms with Crippen LogP contribution in [-0.4, -0.2) is 131 Å². The number of carboxylic acids is 1. The van der Waals surface area contributed by atoms with Crippen molar-refractivity contribution in [3.63, 3.8) is 0 Å². The Morgan fingerprint density at radius 1 is 0.410 bits per heavy atom. The molecule has 0 atom stereocenters. The zero-order valence-electron chi connectivity index (χ0n) is 76.8. The fraction of sp³-hybridized carbons (Fsp3) is 0.255. The quantitative estimate of drug-likeness (QED) is 0.0147. The number of fused-ring (bicyclic) bond motifs is 3. The second kappa shape index (κ2) is 44.1. The largest absolute Gasteiger partial charge is 0.507 e. The minimum Gasteiger partial charge on any atom is -0.478 e. The highest BCUT2D eigenvalue weighted by molar-refractivity contribution is 7.15. The van der Waals surface area contributed by atoms with Crippen molar-refractivity contribution in [1.29, 1.82) is 0 Å². The summed E-state index contributed by atoms with van der Waals surface area (Å²) >= 11 is 10.4. The summed E-state index contributed by atoms with van der Waals surface area (Å²) in [5.41, 5.74) is 11.7. The lowest BCUT2D eigenvalue weighted by atomic mass is 9.86. The maximum Gasteiger partial charge on any atom is 0.507 e. The number of halogens is 1. The van der Waals surface area contributed by atoms with E-state index in [-0.39, 0.29) is 66.0 Å². The van der Waals surface area contributed by atoms with Gasteiger partial charge < -0.3 is 52.1 Å². The standard InChI is InChI=1S/C24H24N2O4S.C22H25N3O4S.C20H16N2O4S.C18H21NO4S.C9H5ClO2.C5H9BN2O2/c1-14-10-17(26(5)25-14)16-13-31-21(22(16)23(28)30-24(2,3)4)12-18(27)20-11-15-8-6-7-9-19(15)29-20;1-14-11-17(25(5)24-14)16-13-30-19(18(16)20(26)29-22(2,3)4)23-21(27)28-12-15-9-7-6-8-10-15;1-11-7-14(22(2)21-11)13-10-27-18(19(13)20(24)25)9-15(23)17-8-12-5-3-4-6-16(12)26-17;1-12-11-24-15(14(12)16(20)23-18(2,3)4)19-17(21)22-10-13-8-6-5-7-9-13;10-9(11)8-5-6-3-1-2-4-7(6)12-8;1-4-3-5(6(9)10)8(2)7-4/h6-11,13H,12H2,1-5H3;6-11,13H,12H2,1-5H3,(H,23,27);3-8,10H,9H2,1-2H3,(H,24,25);5-9,11H,10H2,1-4H3,(H,19,21);1-5H;3,9-10H,1-2H3. The second-order valence-electron chi connectivity index (χ2n) is 33.6. The number of benzene rings is 5. The molecule has 16 rings (SSSR count). The van der Waals surface area contributed by atoms with Crippen molar-refractivity contribution in [2.24, 2.45) is 28.2 Å². The van der Waals surface area contributed by atoms with Crippen molar-refractivity contribution in [2.45, 2.75) is 140 Å². The van der Waals surface area contributed by atoms with Crippen molar-refractivity contribution in [2.75, 3.05) is 10.6 Å². The molecule has 5 N–H and O–H groups in total. The smallest absolute Gasteiger partial charge is 0.478 e. The second-order valence-corrected chi connectivity index (χ2v) is 37.6. The van der Waals surface area contributed by atoms with E-state index in [4.69, 9.17) is 58.6 Å². The van der Waals surface area contributed by atoms with Gasteiger partial charge in [-0.1, -0.05) is 115 Å². The van der Waals surface area contributed by atoms with Crippen molar-refractivity contribution in [3.8, 4) is 33.8 Å². The van der Waals surface area contributed by atoms with Crippen LogP contribution in [0.25, 0.3) is 66.7 Å². The van der Waals surface area contributed by atoms with Gasteiger partial charge in [-0.25, -0.2) is 28.8 Å². The van der Waals surface area contributed by atoms with Crippen LogP contribution in [0.5, 0.6) is 0 Å². The Bertz CT molecular complexity index is 6820. The average Bonchev–Trinajstić information content (AvgIpc) is 1.64. The number of aromatic carboxylic acids is 1. The number of amides is 2. The molecule has 0 bridgehead atoms. The molecule has 0 aliphatic rings. The molecule has 30 nitrogen and oxygen atoms in total. The summed E-state index contributed by atoms with van der Waals surface area (Å²) in [5.74, 6) is -2.21. The van der Waals surface area contributed by atoms with Gasteiger partial charge in [0.2, 0.25) is 11.6 Å². The number of hydrogen-bond donors (Lipinski definition) is 5. The summed E-state index contributed by atoms with van der Waals surface area (Å²) in [4.78, 5) is 112. The van der Waals surface area contributed by atoms with E-state index in [1.54, 1.807) is 138 Å². The third-order valence-corrected chi connectivity index (χ3v) is 23.2. The van der Waals surface area contributed by atoms with Gasteiger partial charge in [-0.15, -0.1) is 45.3 Å². The number of Topliss-reactive ketones (excluding diaryl/α,β-unsaturated/α-hetero) is 2. The van der Waals surface area contributed by atoms with Gasteiger partial charge in [0.15, 0.2) is 17.3 Å². The molecular weight excluding hydrogens is 1810 g/mol. The first kappa shape index (κ1) is 101. The number of nitrogens with zero attached hydrogens (tertiary/aromatic N) is 8. The lowest BCUT2D eigenvalue weighted by Gasteiger charge is -2.20. The van der Waals surface area contributed by atoms with E-state index in [9.17, 15) is 48.3 Å². The maximum atomic E-state index is 13.1. The van der Waals surface area contributed by atoms with E-state index in [1.165, 1.54) is 50.0 Å². The highest BCUT2D eigenvalue weighted by Gasteiger charge is 2.33. The van der Waals surface area contributed by atoms with Crippen LogP contribution in [0, 0.1) is 34.6 Å². The average molecular weight is 1910 g/mol. The van der Waals surface area contributed by atoms with Gasteiger partial charge in [0.05, 0.1) is 62.1 Å². The summed E-state index contributed by atoms with van der Waals surface area (Å²) in [5, 5.41) is 59.5. The van der Waals surface area contributed by atoms with E-state index in [2.05, 4.69) is 31.0 Å². The SMILES string of the molecule is Cc1cc(-c2csc(CC(=O)c3cc4ccccc4o3)c2C(=O)O)n(C)n1.Cc1cc(-c2csc(CC(=O)c3cc4ccccc4o3)c2C(=O)OC(C)(C)C)n(C)n1.Cc1cc(-c2csc(NC(=O)OCc3ccccc3)c2C(=O)OC(C)(C)C)n(C)n1.Cc1cc(B(O)O)n(C)n1.Cc1csc(NC(=O)OCc2ccccc2)c1C(=O)OC(C)(C)C.O=C(Cl)c1cc2ccccc2o1. The van der Waals surface area contributed by atoms with E-state index < -0.39 is 65.2 Å². The highest BCUT2D eigenvalue weighted by atomic mass is 35.5. The van der Waals surface area contributed by atoms with Crippen LogP contribution < -0.4 is 16.2 Å². The van der Waals surface area contributed by atoms with Crippen molar-refractivity contribution in [3.05, 3.63) is 286 Å². The maximum absolute atomic E-state index is 13.1. The number of esters is 3. The summed E-state index contributed by atoms with van der Waals surface area (Å²) in [6.45, 7) is 25.8. The minimum absolute atomic E-state index is 0.0248. The van der Waals surface area contributed by atoms with E-state index >= 15 is 0 Å². The number of para-hydroxylation sites is 3. The summed E-state index contributed by atoms with van der Waals surface area (Å²) < 4.78 is 50.1. The van der Waals surface area contributed by atoms with Gasteiger partial charge >= 0.3 is 43.2 Å². The predicted molar refractivity (Wildman–Crippen MR) is 518 cm³/mol. The van der Waals surface area contributed by atoms with Crippen molar-refractivity contribution >= 4 is 165 Å². The number of furan rings is 3. The Labute approximate surface area is 793 Å². The summed E-state index contributed by atoms with van der Waals surface area (Å²) in [7, 11) is 5.65. The number of thiophene rings is 4. The molecule has 11 heterocycles. The molecule has 11 aromatic heterocycles. The summed E-state index contributed by atoms with van der Waals surface area (Å²) in [6.07, 6.45) is -1.22. The van der Waals surface area contributed by atoms with Crippen LogP contribution >= 0.6 is 56.9 Å². The summed E-state index contributed by atoms with van der Waals surface area (Å²) in [6, 6.07) is 53.3. The van der Waals surface area contributed by atoms with Crippen molar-refractivity contribution in [1.82, 2.24) is 39.1 Å². The molecule has 0 radical (unpaired) electrons. The van der Waals surface area contributed by atoms with Gasteiger partial charge in [0, 0.05) is 99.8 Å². The topological polar surface area (TPSA) is 395 Å². The molecule has 36 heteroatoms. The fourth-order valence-corrected chi connectivity index (χ4v) is 17.4. The van der Waals surface area contributed by atoms with Gasteiger partial charge in [-0.05, 0) is 191 Å². The predicted octanol–water partition coefficient (Wildman–Crippen LogP) is 21.1. The highest BCUT2D eigenvalue weighted by Crippen LogP contribution is 2.40. The van der Waals surface area contributed by atoms with Gasteiger partial charge in [-0.3, -0.25) is 43.7 Å². The molecule has 16 aromatic rings. The number of nitrogens with one attached hydrogen (secondary N) is 2. The van der Waals surface area contributed by atoms with Gasteiger partial charge in [-0.2, -0.15) is 20.4 Å². The van der Waals surface area contributed by atoms with Crippen LogP contribution in [0.1, 0.15) is 185 Å². The first-order chi connectivity index (χ1) is 63.3. The molecule has 0 aliphatic heterocycles. The zero-order chi connectivity index (χ0) is 97.4. The number of carboxylic acid groups (broad SMARTS) is 1. The molecule has 696 valence electrons. The Morgan fingerprint density at radius 2 is 0.739 bits per heavy atom. The van der Waals surface area contributed by atoms with Crippen LogP contribution in [0.15, 0.2) is 211 Å². The fourth-order valence-electron chi connectivity index (χ4n) is 13.5. The molecule has 0 saturated heterocycles. The van der Waals surface area contributed by atoms with Crippen LogP contribution in [0.3, 0.4) is 0 Å². The third-order valence-electron chi connectivity index (χ3n) is 19.2. The zero-order valence-corrected chi connectivity index (χ0v) is 80.9. The minimum atomic E-state index is -1.42. The molecule has 0 fully saturated rings. The van der Waals surface area contributed by atoms with E-state index in [1.807, 2.05) is 199 Å². The van der Waals surface area contributed by atoms with Crippen LogP contribution in [0.4, 0.5) is 19.6 Å². The van der Waals surface area contributed by atoms with Crippen LogP contribution in [0.2, 0.25) is 0 Å². The first-order valence-electron chi connectivity index (χ1n) is 41.7. The molecular formula is C98H100BClN10O20S4. The third kappa shape index (κ3) is 27.2. The Kier molecular flexibility index (Phi) is 33.1.